The highest BCUT2D eigenvalue weighted by atomic mass is 16.5. The minimum absolute atomic E-state index is 0.161. The van der Waals surface area contributed by atoms with Crippen LogP contribution in [0.2, 0.25) is 0 Å². The molecule has 3 heteroatoms. The molecule has 80 valence electrons. The number of rotatable bonds is 2. The quantitative estimate of drug-likeness (QED) is 0.744. The molecule has 0 aliphatic carbocycles. The Morgan fingerprint density at radius 3 is 2.93 bits per heavy atom. The summed E-state index contributed by atoms with van der Waals surface area (Å²) in [7, 11) is 1.63. The predicted octanol–water partition coefficient (Wildman–Crippen LogP) is 2.22. The van der Waals surface area contributed by atoms with Crippen molar-refractivity contribution in [1.82, 2.24) is 0 Å². The molecule has 0 unspecified atom stereocenters. The zero-order valence-electron chi connectivity index (χ0n) is 9.00. The summed E-state index contributed by atoms with van der Waals surface area (Å²) < 4.78 is 10.7. The maximum absolute atomic E-state index is 11.6. The first kappa shape index (κ1) is 10.0. The van der Waals surface area contributed by atoms with Gasteiger partial charge in [0, 0.05) is 12.5 Å². The fourth-order valence-electron chi connectivity index (χ4n) is 1.80. The molecule has 0 atom stereocenters. The van der Waals surface area contributed by atoms with Crippen LogP contribution in [0, 0.1) is 0 Å². The summed E-state index contributed by atoms with van der Waals surface area (Å²) in [5, 5.41) is 0. The molecular weight excluding hydrogens is 192 g/mol. The van der Waals surface area contributed by atoms with E-state index in [9.17, 15) is 4.79 Å². The highest BCUT2D eigenvalue weighted by molar-refractivity contribution is 6.00. The third-order valence-electron chi connectivity index (χ3n) is 2.65. The van der Waals surface area contributed by atoms with Gasteiger partial charge in [-0.1, -0.05) is 6.92 Å². The first-order valence-corrected chi connectivity index (χ1v) is 5.13. The molecule has 0 saturated carbocycles. The Hall–Kier alpha value is -1.51. The molecule has 0 fully saturated rings. The van der Waals surface area contributed by atoms with Crippen LogP contribution < -0.4 is 9.47 Å². The number of hydrogen-bond donors (Lipinski definition) is 0. The Balaban J connectivity index is 2.53. The smallest absolute Gasteiger partial charge is 0.170 e. The van der Waals surface area contributed by atoms with Crippen LogP contribution in [0.15, 0.2) is 12.1 Å². The third-order valence-corrected chi connectivity index (χ3v) is 2.65. The molecule has 0 amide bonds. The second-order valence-electron chi connectivity index (χ2n) is 3.54. The van der Waals surface area contributed by atoms with Gasteiger partial charge in [0.25, 0.3) is 0 Å². The maximum atomic E-state index is 11.6. The lowest BCUT2D eigenvalue weighted by atomic mass is 10.00. The molecule has 0 spiro atoms. The summed E-state index contributed by atoms with van der Waals surface area (Å²) in [6, 6.07) is 3.70. The summed E-state index contributed by atoms with van der Waals surface area (Å²) in [6.07, 6.45) is 1.33. The highest BCUT2D eigenvalue weighted by Gasteiger charge is 2.20. The summed E-state index contributed by atoms with van der Waals surface area (Å²) in [5.74, 6) is 1.61. The van der Waals surface area contributed by atoms with Crippen LogP contribution in [-0.2, 0) is 6.42 Å². The van der Waals surface area contributed by atoms with E-state index in [0.29, 0.717) is 24.3 Å². The number of ether oxygens (including phenoxy) is 2. The number of aryl methyl sites for hydroxylation is 1. The second-order valence-corrected chi connectivity index (χ2v) is 3.54. The number of benzene rings is 1. The SMILES string of the molecule is CCc1cc2c(cc1OC)OCCC2=O. The molecule has 1 heterocycles. The first-order valence-electron chi connectivity index (χ1n) is 5.13. The molecule has 0 bridgehead atoms. The van der Waals surface area contributed by atoms with Crippen LogP contribution in [0.3, 0.4) is 0 Å². The lowest BCUT2D eigenvalue weighted by Crippen LogP contribution is -2.15. The molecular formula is C12H14O3. The summed E-state index contributed by atoms with van der Waals surface area (Å²) in [5.41, 5.74) is 1.74. The van der Waals surface area contributed by atoms with Crippen molar-refractivity contribution in [2.45, 2.75) is 19.8 Å². The number of hydrogen-bond acceptors (Lipinski definition) is 3. The number of fused-ring (bicyclic) bond motifs is 1. The van der Waals surface area contributed by atoms with E-state index in [1.165, 1.54) is 0 Å². The monoisotopic (exact) mass is 206 g/mol. The highest BCUT2D eigenvalue weighted by Crippen LogP contribution is 2.32. The van der Waals surface area contributed by atoms with Gasteiger partial charge in [-0.15, -0.1) is 0 Å². The van der Waals surface area contributed by atoms with Crippen molar-refractivity contribution in [3.05, 3.63) is 23.3 Å². The Morgan fingerprint density at radius 2 is 2.27 bits per heavy atom. The summed E-state index contributed by atoms with van der Waals surface area (Å²) >= 11 is 0. The largest absolute Gasteiger partial charge is 0.496 e. The zero-order chi connectivity index (χ0) is 10.8. The average Bonchev–Trinajstić information content (AvgIpc) is 2.28. The van der Waals surface area contributed by atoms with E-state index in [4.69, 9.17) is 9.47 Å². The number of Topliss-reactive ketones (excluding diaryl/α,β-unsaturated/α-hetero) is 1. The molecule has 15 heavy (non-hydrogen) atoms. The van der Waals surface area contributed by atoms with Crippen LogP contribution in [0.5, 0.6) is 11.5 Å². The number of carbonyl (C=O) groups excluding carboxylic acids is 1. The number of methoxy groups -OCH3 is 1. The van der Waals surface area contributed by atoms with E-state index >= 15 is 0 Å². The van der Waals surface area contributed by atoms with Crippen molar-refractivity contribution in [2.24, 2.45) is 0 Å². The molecule has 1 aromatic carbocycles. The normalized spacial score (nSPS) is 14.4. The van der Waals surface area contributed by atoms with E-state index in [-0.39, 0.29) is 5.78 Å². The van der Waals surface area contributed by atoms with Crippen molar-refractivity contribution in [1.29, 1.82) is 0 Å². The van der Waals surface area contributed by atoms with Gasteiger partial charge in [-0.25, -0.2) is 0 Å². The Kier molecular flexibility index (Phi) is 2.62. The fourth-order valence-corrected chi connectivity index (χ4v) is 1.80. The lowest BCUT2D eigenvalue weighted by Gasteiger charge is -2.18. The molecule has 0 radical (unpaired) electrons. The molecule has 0 aromatic heterocycles. The van der Waals surface area contributed by atoms with Gasteiger partial charge in [-0.3, -0.25) is 4.79 Å². The van der Waals surface area contributed by atoms with E-state index in [2.05, 4.69) is 0 Å². The second kappa shape index (κ2) is 3.93. The Morgan fingerprint density at radius 1 is 1.47 bits per heavy atom. The Labute approximate surface area is 89.0 Å². The predicted molar refractivity (Wildman–Crippen MR) is 56.8 cm³/mol. The standard InChI is InChI=1S/C12H14O3/c1-3-8-6-9-10(13)4-5-15-12(9)7-11(8)14-2/h6-7H,3-5H2,1-2H3. The van der Waals surface area contributed by atoms with Crippen LogP contribution in [0.4, 0.5) is 0 Å². The van der Waals surface area contributed by atoms with Crippen molar-refractivity contribution < 1.29 is 14.3 Å². The zero-order valence-corrected chi connectivity index (χ0v) is 9.00. The van der Waals surface area contributed by atoms with E-state index < -0.39 is 0 Å². The molecule has 1 aliphatic rings. The van der Waals surface area contributed by atoms with Crippen LogP contribution in [-0.4, -0.2) is 19.5 Å². The molecule has 0 saturated heterocycles. The maximum Gasteiger partial charge on any atom is 0.170 e. The fraction of sp³-hybridized carbons (Fsp3) is 0.417. The minimum Gasteiger partial charge on any atom is -0.496 e. The van der Waals surface area contributed by atoms with Gasteiger partial charge in [0.1, 0.15) is 11.5 Å². The van der Waals surface area contributed by atoms with E-state index in [1.54, 1.807) is 7.11 Å². The first-order chi connectivity index (χ1) is 7.26. The van der Waals surface area contributed by atoms with Gasteiger partial charge in [0.15, 0.2) is 5.78 Å². The average molecular weight is 206 g/mol. The van der Waals surface area contributed by atoms with Crippen molar-refractivity contribution in [2.75, 3.05) is 13.7 Å². The van der Waals surface area contributed by atoms with Gasteiger partial charge in [0.05, 0.1) is 19.3 Å². The van der Waals surface area contributed by atoms with Gasteiger partial charge in [-0.2, -0.15) is 0 Å². The number of ketones is 1. The van der Waals surface area contributed by atoms with Gasteiger partial charge >= 0.3 is 0 Å². The van der Waals surface area contributed by atoms with Gasteiger partial charge in [0.2, 0.25) is 0 Å². The minimum atomic E-state index is 0.161. The van der Waals surface area contributed by atoms with Crippen molar-refractivity contribution in [3.63, 3.8) is 0 Å². The molecule has 0 N–H and O–H groups in total. The van der Waals surface area contributed by atoms with Gasteiger partial charge < -0.3 is 9.47 Å². The summed E-state index contributed by atoms with van der Waals surface area (Å²) in [6.45, 7) is 2.51. The van der Waals surface area contributed by atoms with E-state index in [1.807, 2.05) is 19.1 Å². The lowest BCUT2D eigenvalue weighted by molar-refractivity contribution is 0.0933. The van der Waals surface area contributed by atoms with Crippen molar-refractivity contribution in [3.8, 4) is 11.5 Å². The van der Waals surface area contributed by atoms with E-state index in [0.717, 1.165) is 17.7 Å². The molecule has 3 nitrogen and oxygen atoms in total. The molecule has 2 rings (SSSR count). The van der Waals surface area contributed by atoms with Crippen LogP contribution >= 0.6 is 0 Å². The number of carbonyl (C=O) groups is 1. The van der Waals surface area contributed by atoms with Gasteiger partial charge in [-0.05, 0) is 18.1 Å². The summed E-state index contributed by atoms with van der Waals surface area (Å²) in [4.78, 5) is 11.6. The van der Waals surface area contributed by atoms with Crippen LogP contribution in [0.1, 0.15) is 29.3 Å². The Bertz CT molecular complexity index is 396. The molecule has 1 aromatic rings. The molecule has 1 aliphatic heterocycles. The van der Waals surface area contributed by atoms with Crippen molar-refractivity contribution >= 4 is 5.78 Å². The third kappa shape index (κ3) is 1.69. The topological polar surface area (TPSA) is 35.5 Å². The van der Waals surface area contributed by atoms with Crippen LogP contribution in [0.25, 0.3) is 0 Å².